The summed E-state index contributed by atoms with van der Waals surface area (Å²) in [6, 6.07) is 7.60. The Kier molecular flexibility index (Phi) is 5.29. The lowest BCUT2D eigenvalue weighted by Gasteiger charge is -2.18. The molecule has 1 heterocycles. The van der Waals surface area contributed by atoms with E-state index in [2.05, 4.69) is 4.98 Å². The summed E-state index contributed by atoms with van der Waals surface area (Å²) in [5.74, 6) is 0.187. The van der Waals surface area contributed by atoms with Crippen LogP contribution in [0.1, 0.15) is 11.3 Å². The van der Waals surface area contributed by atoms with E-state index < -0.39 is 0 Å². The summed E-state index contributed by atoms with van der Waals surface area (Å²) in [4.78, 5) is 19.0. The van der Waals surface area contributed by atoms with Gasteiger partial charge in [-0.15, -0.1) is 0 Å². The van der Waals surface area contributed by atoms with E-state index in [-0.39, 0.29) is 5.75 Å². The van der Waals surface area contributed by atoms with Gasteiger partial charge in [0.2, 0.25) is 6.41 Å². The second kappa shape index (κ2) is 7.21. The van der Waals surface area contributed by atoms with Crippen molar-refractivity contribution >= 4 is 25.5 Å². The first kappa shape index (κ1) is 17.6. The number of carbonyl (C=O) groups excluding carboxylic acids is 1. The number of aromatic hydroxyl groups is 1. The van der Waals surface area contributed by atoms with Crippen LogP contribution in [0, 0.1) is 13.8 Å². The largest absolute Gasteiger partial charge is 0.506 e. The van der Waals surface area contributed by atoms with Crippen molar-refractivity contribution in [2.75, 3.05) is 19.0 Å². The molecule has 0 radical (unpaired) electrons. The van der Waals surface area contributed by atoms with Gasteiger partial charge in [0, 0.05) is 43.3 Å². The van der Waals surface area contributed by atoms with Crippen LogP contribution in [0.15, 0.2) is 36.7 Å². The average molecular weight is 323 g/mol. The Hall–Kier alpha value is -2.76. The van der Waals surface area contributed by atoms with Gasteiger partial charge >= 0.3 is 0 Å². The van der Waals surface area contributed by atoms with Gasteiger partial charge < -0.3 is 10.0 Å². The number of pyridine rings is 1. The van der Waals surface area contributed by atoms with Gasteiger partial charge in [-0.1, -0.05) is 6.07 Å². The minimum absolute atomic E-state index is 0.187. The van der Waals surface area contributed by atoms with Gasteiger partial charge in [0.25, 0.3) is 0 Å². The van der Waals surface area contributed by atoms with Crippen molar-refractivity contribution in [2.45, 2.75) is 13.8 Å². The molecule has 0 aliphatic rings. The van der Waals surface area contributed by atoms with Gasteiger partial charge in [0.15, 0.2) is 7.85 Å². The van der Waals surface area contributed by atoms with E-state index in [0.29, 0.717) is 5.59 Å². The van der Waals surface area contributed by atoms with Gasteiger partial charge in [0.05, 0.1) is 5.69 Å². The molecule has 0 spiro atoms. The Morgan fingerprint density at radius 3 is 2.46 bits per heavy atom. The summed E-state index contributed by atoms with van der Waals surface area (Å²) in [5.41, 5.74) is 4.84. The first-order valence-corrected chi connectivity index (χ1v) is 7.70. The lowest BCUT2D eigenvalue weighted by molar-refractivity contribution is -0.107. The Morgan fingerprint density at radius 1 is 1.17 bits per heavy atom. The zero-order valence-corrected chi connectivity index (χ0v) is 14.7. The number of hydrogen-bond acceptors (Lipinski definition) is 4. The van der Waals surface area contributed by atoms with E-state index in [1.807, 2.05) is 63.3 Å². The Bertz CT molecular complexity index is 788. The molecule has 2 rings (SSSR count). The molecule has 24 heavy (non-hydrogen) atoms. The summed E-state index contributed by atoms with van der Waals surface area (Å²) in [5, 5.41) is 10.3. The number of amides is 1. The smallest absolute Gasteiger partial charge is 0.218 e. The number of carbonyl (C=O) groups is 1. The number of aromatic nitrogens is 1. The maximum Gasteiger partial charge on any atom is 0.218 e. The standard InChI is InChI=1S/C18H22BN3O2/c1-12-9-14(15-10-13(2)20-18(19)17(15)24)5-6-16(12)22(11-23)8-7-21(3)4/h5-11,24H,19H2,1-4H3/b8-7-. The SMILES string of the molecule is Bc1nc(C)cc(-c2ccc(N(C=O)/C=C\N(C)C)c(C)c2)c1O. The molecule has 0 saturated carbocycles. The summed E-state index contributed by atoms with van der Waals surface area (Å²) in [6.07, 6.45) is 4.30. The Balaban J connectivity index is 2.45. The third kappa shape index (κ3) is 3.77. The van der Waals surface area contributed by atoms with E-state index >= 15 is 0 Å². The summed E-state index contributed by atoms with van der Waals surface area (Å²) < 4.78 is 0. The first-order chi connectivity index (χ1) is 11.3. The second-order valence-corrected chi connectivity index (χ2v) is 6.02. The van der Waals surface area contributed by atoms with Crippen LogP contribution in [0.4, 0.5) is 5.69 Å². The van der Waals surface area contributed by atoms with Gasteiger partial charge in [0.1, 0.15) is 5.75 Å². The molecule has 0 aliphatic heterocycles. The average Bonchev–Trinajstić information content (AvgIpc) is 2.52. The second-order valence-electron chi connectivity index (χ2n) is 6.02. The zero-order chi connectivity index (χ0) is 17.9. The topological polar surface area (TPSA) is 56.7 Å². The van der Waals surface area contributed by atoms with E-state index in [4.69, 9.17) is 0 Å². The molecule has 1 aromatic carbocycles. The van der Waals surface area contributed by atoms with Crippen LogP contribution in [-0.2, 0) is 4.79 Å². The molecule has 5 nitrogen and oxygen atoms in total. The molecule has 124 valence electrons. The van der Waals surface area contributed by atoms with Crippen LogP contribution < -0.4 is 10.5 Å². The first-order valence-electron chi connectivity index (χ1n) is 7.70. The maximum absolute atomic E-state index is 11.4. The van der Waals surface area contributed by atoms with E-state index in [0.717, 1.165) is 34.5 Å². The highest BCUT2D eigenvalue weighted by atomic mass is 16.3. The molecule has 0 aliphatic carbocycles. The molecule has 0 saturated heterocycles. The fraction of sp³-hybridized carbons (Fsp3) is 0.222. The molecule has 2 aromatic rings. The highest BCUT2D eigenvalue weighted by molar-refractivity contribution is 6.33. The highest BCUT2D eigenvalue weighted by Crippen LogP contribution is 2.31. The predicted molar refractivity (Wildman–Crippen MR) is 100 cm³/mol. The van der Waals surface area contributed by atoms with Crippen molar-refractivity contribution in [3.05, 3.63) is 47.9 Å². The Morgan fingerprint density at radius 2 is 1.88 bits per heavy atom. The molecule has 0 atom stereocenters. The molecule has 1 aromatic heterocycles. The molecule has 0 unspecified atom stereocenters. The molecule has 6 heteroatoms. The number of rotatable bonds is 5. The minimum atomic E-state index is 0.187. The summed E-state index contributed by atoms with van der Waals surface area (Å²) >= 11 is 0. The zero-order valence-electron chi connectivity index (χ0n) is 14.7. The normalized spacial score (nSPS) is 10.8. The third-order valence-corrected chi connectivity index (χ3v) is 3.72. The van der Waals surface area contributed by atoms with Crippen molar-refractivity contribution in [1.82, 2.24) is 9.88 Å². The maximum atomic E-state index is 11.4. The van der Waals surface area contributed by atoms with Crippen LogP contribution in [0.2, 0.25) is 0 Å². The van der Waals surface area contributed by atoms with Crippen LogP contribution in [0.3, 0.4) is 0 Å². The van der Waals surface area contributed by atoms with Crippen molar-refractivity contribution in [2.24, 2.45) is 0 Å². The molecule has 1 N–H and O–H groups in total. The number of aryl methyl sites for hydroxylation is 2. The van der Waals surface area contributed by atoms with Gasteiger partial charge in [-0.3, -0.25) is 14.7 Å². The van der Waals surface area contributed by atoms with Gasteiger partial charge in [-0.05, 0) is 43.2 Å². The predicted octanol–water partition coefficient (Wildman–Crippen LogP) is 1.33. The van der Waals surface area contributed by atoms with Crippen molar-refractivity contribution in [1.29, 1.82) is 0 Å². The van der Waals surface area contributed by atoms with Crippen LogP contribution in [0.5, 0.6) is 5.75 Å². The van der Waals surface area contributed by atoms with Crippen molar-refractivity contribution in [3.63, 3.8) is 0 Å². The molecular formula is C18H22BN3O2. The van der Waals surface area contributed by atoms with Crippen LogP contribution >= 0.6 is 0 Å². The monoisotopic (exact) mass is 323 g/mol. The lowest BCUT2D eigenvalue weighted by Crippen LogP contribution is -2.16. The number of anilines is 1. The van der Waals surface area contributed by atoms with Gasteiger partial charge in [-0.2, -0.15) is 0 Å². The van der Waals surface area contributed by atoms with E-state index in [1.54, 1.807) is 14.0 Å². The van der Waals surface area contributed by atoms with Gasteiger partial charge in [-0.25, -0.2) is 0 Å². The molecular weight excluding hydrogens is 301 g/mol. The third-order valence-electron chi connectivity index (χ3n) is 3.72. The van der Waals surface area contributed by atoms with Crippen LogP contribution in [0.25, 0.3) is 11.1 Å². The van der Waals surface area contributed by atoms with E-state index in [1.165, 1.54) is 4.90 Å². The summed E-state index contributed by atoms with van der Waals surface area (Å²) in [7, 11) is 5.58. The number of hydrogen-bond donors (Lipinski definition) is 1. The van der Waals surface area contributed by atoms with Crippen LogP contribution in [-0.4, -0.2) is 43.3 Å². The Labute approximate surface area is 143 Å². The molecule has 0 bridgehead atoms. The summed E-state index contributed by atoms with van der Waals surface area (Å²) in [6.45, 7) is 3.84. The van der Waals surface area contributed by atoms with E-state index in [9.17, 15) is 9.90 Å². The minimum Gasteiger partial charge on any atom is -0.506 e. The lowest BCUT2D eigenvalue weighted by atomic mass is 9.94. The number of benzene rings is 1. The molecule has 0 fully saturated rings. The fourth-order valence-corrected chi connectivity index (χ4v) is 2.53. The van der Waals surface area contributed by atoms with Crippen molar-refractivity contribution in [3.8, 4) is 16.9 Å². The number of nitrogens with zero attached hydrogens (tertiary/aromatic N) is 3. The quantitative estimate of drug-likeness (QED) is 0.666. The fourth-order valence-electron chi connectivity index (χ4n) is 2.53. The molecule has 1 amide bonds. The highest BCUT2D eigenvalue weighted by Gasteiger charge is 2.12. The van der Waals surface area contributed by atoms with Crippen molar-refractivity contribution < 1.29 is 9.90 Å².